The maximum absolute atomic E-state index is 5.18. The van der Waals surface area contributed by atoms with E-state index < -0.39 is 0 Å². The second-order valence-corrected chi connectivity index (χ2v) is 4.70. The quantitative estimate of drug-likeness (QED) is 0.688. The molecule has 0 radical (unpaired) electrons. The first-order valence-corrected chi connectivity index (χ1v) is 5.99. The molecule has 1 atom stereocenters. The second-order valence-electron chi connectivity index (χ2n) is 4.70. The Hall–Kier alpha value is -0.160. The zero-order chi connectivity index (χ0) is 10.7. The maximum atomic E-state index is 5.18. The van der Waals surface area contributed by atoms with Gasteiger partial charge < -0.3 is 10.1 Å². The molecule has 0 spiro atoms. The molecule has 4 nitrogen and oxygen atoms in total. The van der Waals surface area contributed by atoms with Crippen molar-refractivity contribution in [2.45, 2.75) is 19.0 Å². The summed E-state index contributed by atoms with van der Waals surface area (Å²) >= 11 is 0. The fraction of sp³-hybridized carbons (Fsp3) is 1.00. The van der Waals surface area contributed by atoms with Crippen LogP contribution in [-0.2, 0) is 4.74 Å². The van der Waals surface area contributed by atoms with Crippen LogP contribution in [-0.4, -0.2) is 74.9 Å². The number of rotatable bonds is 4. The summed E-state index contributed by atoms with van der Waals surface area (Å²) < 4.78 is 5.18. The Labute approximate surface area is 92.6 Å². The van der Waals surface area contributed by atoms with E-state index in [1.165, 1.54) is 26.2 Å². The summed E-state index contributed by atoms with van der Waals surface area (Å²) in [5, 5.41) is 3.40. The highest BCUT2D eigenvalue weighted by molar-refractivity contribution is 4.91. The Bertz CT molecular complexity index is 188. The van der Waals surface area contributed by atoms with Crippen LogP contribution in [0.4, 0.5) is 0 Å². The zero-order valence-electron chi connectivity index (χ0n) is 9.91. The lowest BCUT2D eigenvalue weighted by Crippen LogP contribution is -2.64. The molecule has 0 amide bonds. The van der Waals surface area contributed by atoms with E-state index in [4.69, 9.17) is 4.74 Å². The molecule has 1 unspecified atom stereocenters. The Morgan fingerprint density at radius 2 is 2.00 bits per heavy atom. The van der Waals surface area contributed by atoms with Gasteiger partial charge in [0.25, 0.3) is 0 Å². The summed E-state index contributed by atoms with van der Waals surface area (Å²) in [7, 11) is 1.78. The summed E-state index contributed by atoms with van der Waals surface area (Å²) in [6.07, 6.45) is 0. The van der Waals surface area contributed by atoms with Crippen molar-refractivity contribution in [3.05, 3.63) is 0 Å². The third kappa shape index (κ3) is 2.69. The summed E-state index contributed by atoms with van der Waals surface area (Å²) in [6, 6.07) is 1.38. The molecule has 0 aromatic rings. The van der Waals surface area contributed by atoms with E-state index in [2.05, 4.69) is 22.0 Å². The molecule has 2 aliphatic heterocycles. The molecule has 0 bridgehead atoms. The number of hydrogen-bond acceptors (Lipinski definition) is 4. The van der Waals surface area contributed by atoms with Crippen molar-refractivity contribution in [2.75, 3.05) is 53.0 Å². The van der Waals surface area contributed by atoms with Crippen LogP contribution in [0.1, 0.15) is 6.92 Å². The third-order valence-corrected chi connectivity index (χ3v) is 3.59. The van der Waals surface area contributed by atoms with Gasteiger partial charge in [-0.2, -0.15) is 0 Å². The standard InChI is InChI=1S/C11H23N3O/c1-10(9-15-2)14-7-11(8-14)13-5-3-12-4-6-13/h10-12H,3-9H2,1-2H3. The number of nitrogens with zero attached hydrogens (tertiary/aromatic N) is 2. The van der Waals surface area contributed by atoms with E-state index in [0.717, 1.165) is 25.7 Å². The van der Waals surface area contributed by atoms with Crippen LogP contribution in [0.3, 0.4) is 0 Å². The fourth-order valence-electron chi connectivity index (χ4n) is 2.47. The lowest BCUT2D eigenvalue weighted by atomic mass is 10.0. The van der Waals surface area contributed by atoms with Gasteiger partial charge in [-0.05, 0) is 6.92 Å². The predicted molar refractivity (Wildman–Crippen MR) is 61.1 cm³/mol. The lowest BCUT2D eigenvalue weighted by Gasteiger charge is -2.49. The molecule has 0 aromatic heterocycles. The van der Waals surface area contributed by atoms with Crippen LogP contribution in [0.2, 0.25) is 0 Å². The molecule has 1 N–H and O–H groups in total. The summed E-state index contributed by atoms with van der Waals surface area (Å²) in [4.78, 5) is 5.13. The van der Waals surface area contributed by atoms with E-state index in [0.29, 0.717) is 6.04 Å². The summed E-state index contributed by atoms with van der Waals surface area (Å²) in [5.41, 5.74) is 0. The van der Waals surface area contributed by atoms with Crippen molar-refractivity contribution in [2.24, 2.45) is 0 Å². The minimum atomic E-state index is 0.578. The number of likely N-dealkylation sites (tertiary alicyclic amines) is 1. The first kappa shape index (κ1) is 11.3. The first-order chi connectivity index (χ1) is 7.31. The fourth-order valence-corrected chi connectivity index (χ4v) is 2.47. The number of hydrogen-bond donors (Lipinski definition) is 1. The highest BCUT2D eigenvalue weighted by Gasteiger charge is 2.34. The van der Waals surface area contributed by atoms with Crippen molar-refractivity contribution in [3.63, 3.8) is 0 Å². The van der Waals surface area contributed by atoms with Crippen LogP contribution in [0, 0.1) is 0 Å². The zero-order valence-corrected chi connectivity index (χ0v) is 9.91. The van der Waals surface area contributed by atoms with Crippen molar-refractivity contribution in [3.8, 4) is 0 Å². The monoisotopic (exact) mass is 213 g/mol. The molecular weight excluding hydrogens is 190 g/mol. The van der Waals surface area contributed by atoms with Crippen molar-refractivity contribution < 1.29 is 4.74 Å². The van der Waals surface area contributed by atoms with Crippen molar-refractivity contribution in [1.82, 2.24) is 15.1 Å². The Morgan fingerprint density at radius 1 is 1.33 bits per heavy atom. The van der Waals surface area contributed by atoms with Gasteiger partial charge in [0.05, 0.1) is 6.61 Å². The van der Waals surface area contributed by atoms with Crippen LogP contribution >= 0.6 is 0 Å². The van der Waals surface area contributed by atoms with Gasteiger partial charge in [0.15, 0.2) is 0 Å². The van der Waals surface area contributed by atoms with Gasteiger partial charge in [-0.3, -0.25) is 9.80 Å². The van der Waals surface area contributed by atoms with Gasteiger partial charge >= 0.3 is 0 Å². The molecular formula is C11H23N3O. The smallest absolute Gasteiger partial charge is 0.0615 e. The molecule has 4 heteroatoms. The Kier molecular flexibility index (Phi) is 3.97. The highest BCUT2D eigenvalue weighted by atomic mass is 16.5. The Balaban J connectivity index is 1.68. The third-order valence-electron chi connectivity index (χ3n) is 3.59. The van der Waals surface area contributed by atoms with E-state index in [1.807, 2.05) is 0 Å². The van der Waals surface area contributed by atoms with Crippen molar-refractivity contribution >= 4 is 0 Å². The predicted octanol–water partition coefficient (Wildman–Crippen LogP) is -0.389. The normalized spacial score (nSPS) is 27.6. The molecule has 2 heterocycles. The minimum absolute atomic E-state index is 0.578. The first-order valence-electron chi connectivity index (χ1n) is 5.99. The molecule has 2 fully saturated rings. The van der Waals surface area contributed by atoms with Gasteiger partial charge in [-0.25, -0.2) is 0 Å². The van der Waals surface area contributed by atoms with Gasteiger partial charge in [0.2, 0.25) is 0 Å². The SMILES string of the molecule is COCC(C)N1CC(N2CCNCC2)C1. The molecule has 2 saturated heterocycles. The van der Waals surface area contributed by atoms with Crippen LogP contribution in [0.25, 0.3) is 0 Å². The maximum Gasteiger partial charge on any atom is 0.0615 e. The second kappa shape index (κ2) is 5.25. The van der Waals surface area contributed by atoms with E-state index >= 15 is 0 Å². The van der Waals surface area contributed by atoms with Gasteiger partial charge in [0, 0.05) is 58.5 Å². The van der Waals surface area contributed by atoms with Gasteiger partial charge in [0.1, 0.15) is 0 Å². The number of piperazine rings is 1. The molecule has 88 valence electrons. The van der Waals surface area contributed by atoms with E-state index in [-0.39, 0.29) is 0 Å². The number of ether oxygens (including phenoxy) is 1. The number of methoxy groups -OCH3 is 1. The largest absolute Gasteiger partial charge is 0.383 e. The Morgan fingerprint density at radius 3 is 2.60 bits per heavy atom. The molecule has 2 aliphatic rings. The summed E-state index contributed by atoms with van der Waals surface area (Å²) in [5.74, 6) is 0. The number of nitrogens with one attached hydrogen (secondary N) is 1. The summed E-state index contributed by atoms with van der Waals surface area (Å²) in [6.45, 7) is 10.3. The van der Waals surface area contributed by atoms with Gasteiger partial charge in [-0.15, -0.1) is 0 Å². The van der Waals surface area contributed by atoms with Crippen molar-refractivity contribution in [1.29, 1.82) is 0 Å². The van der Waals surface area contributed by atoms with Crippen LogP contribution in [0.15, 0.2) is 0 Å². The molecule has 15 heavy (non-hydrogen) atoms. The average Bonchev–Trinajstić information content (AvgIpc) is 2.17. The highest BCUT2D eigenvalue weighted by Crippen LogP contribution is 2.18. The molecule has 0 aliphatic carbocycles. The molecule has 0 saturated carbocycles. The average molecular weight is 213 g/mol. The van der Waals surface area contributed by atoms with Gasteiger partial charge in [-0.1, -0.05) is 0 Å². The van der Waals surface area contributed by atoms with Crippen LogP contribution in [0.5, 0.6) is 0 Å². The molecule has 2 rings (SSSR count). The lowest BCUT2D eigenvalue weighted by molar-refractivity contribution is -0.0164. The molecule has 0 aromatic carbocycles. The van der Waals surface area contributed by atoms with E-state index in [1.54, 1.807) is 7.11 Å². The minimum Gasteiger partial charge on any atom is -0.383 e. The van der Waals surface area contributed by atoms with E-state index in [9.17, 15) is 0 Å². The van der Waals surface area contributed by atoms with Crippen LogP contribution < -0.4 is 5.32 Å². The topological polar surface area (TPSA) is 27.7 Å².